The molecule has 1 fully saturated rings. The molecule has 0 bridgehead atoms. The SMILES string of the molecule is O=C1CCC(N2C(=O)c3cccc(NC(=O)NC4CCc5c(Cl)cccc54)c3C2=O)C(=O)N1. The van der Waals surface area contributed by atoms with Crippen LogP contribution in [0.2, 0.25) is 5.02 Å². The van der Waals surface area contributed by atoms with Gasteiger partial charge in [0.2, 0.25) is 11.8 Å². The average Bonchev–Trinajstić information content (AvgIpc) is 3.29. The maximum Gasteiger partial charge on any atom is 0.319 e. The molecule has 1 aliphatic carbocycles. The van der Waals surface area contributed by atoms with Crippen LogP contribution in [0.25, 0.3) is 0 Å². The number of piperidine rings is 1. The van der Waals surface area contributed by atoms with Gasteiger partial charge in [-0.2, -0.15) is 0 Å². The number of rotatable bonds is 3. The molecule has 0 aromatic heterocycles. The van der Waals surface area contributed by atoms with Crippen LogP contribution in [0.5, 0.6) is 0 Å². The van der Waals surface area contributed by atoms with E-state index in [0.29, 0.717) is 11.4 Å². The molecule has 168 valence electrons. The van der Waals surface area contributed by atoms with Crippen molar-refractivity contribution in [3.8, 4) is 0 Å². The number of halogens is 1. The highest BCUT2D eigenvalue weighted by molar-refractivity contribution is 6.31. The molecule has 0 spiro atoms. The standard InChI is InChI=1S/C23H19ClN4O5/c24-14-5-1-3-12-11(14)7-8-15(12)25-23(33)26-16-6-2-4-13-19(16)22(32)28(21(13)31)17-9-10-18(29)27-20(17)30/h1-6,15,17H,7-10H2,(H2,25,26,33)(H,27,29,30). The largest absolute Gasteiger partial charge is 0.331 e. The number of nitrogens with one attached hydrogen (secondary N) is 3. The van der Waals surface area contributed by atoms with E-state index in [-0.39, 0.29) is 35.7 Å². The molecule has 3 N–H and O–H groups in total. The Balaban J connectivity index is 1.36. The minimum absolute atomic E-state index is 0.0252. The zero-order valence-corrected chi connectivity index (χ0v) is 18.1. The molecule has 2 aromatic rings. The monoisotopic (exact) mass is 466 g/mol. The highest BCUT2D eigenvalue weighted by atomic mass is 35.5. The number of nitrogens with zero attached hydrogens (tertiary/aromatic N) is 1. The number of hydrogen-bond acceptors (Lipinski definition) is 5. The lowest BCUT2D eigenvalue weighted by Crippen LogP contribution is -2.54. The van der Waals surface area contributed by atoms with Crippen LogP contribution in [0.15, 0.2) is 36.4 Å². The Bertz CT molecular complexity index is 1240. The van der Waals surface area contributed by atoms with E-state index in [4.69, 9.17) is 11.6 Å². The predicted molar refractivity (Wildman–Crippen MR) is 118 cm³/mol. The molecule has 0 saturated carbocycles. The van der Waals surface area contributed by atoms with Crippen LogP contribution in [0.4, 0.5) is 10.5 Å². The van der Waals surface area contributed by atoms with Gasteiger partial charge in [0.25, 0.3) is 11.8 Å². The summed E-state index contributed by atoms with van der Waals surface area (Å²) in [5.74, 6) is -2.44. The van der Waals surface area contributed by atoms with Crippen molar-refractivity contribution in [3.63, 3.8) is 0 Å². The fourth-order valence-electron chi connectivity index (χ4n) is 4.70. The van der Waals surface area contributed by atoms with Gasteiger partial charge in [-0.1, -0.05) is 29.8 Å². The molecular weight excluding hydrogens is 448 g/mol. The quantitative estimate of drug-likeness (QED) is 0.599. The summed E-state index contributed by atoms with van der Waals surface area (Å²) in [7, 11) is 0. The molecule has 6 amide bonds. The van der Waals surface area contributed by atoms with Crippen molar-refractivity contribution in [2.45, 2.75) is 37.8 Å². The maximum atomic E-state index is 13.1. The van der Waals surface area contributed by atoms with Gasteiger partial charge in [0.15, 0.2) is 0 Å². The first-order valence-corrected chi connectivity index (χ1v) is 10.9. The maximum absolute atomic E-state index is 13.1. The minimum atomic E-state index is -1.07. The first kappa shape index (κ1) is 21.1. The normalized spacial score (nSPS) is 21.5. The zero-order valence-electron chi connectivity index (χ0n) is 17.3. The number of carbonyl (C=O) groups is 5. The molecule has 3 aliphatic rings. The first-order chi connectivity index (χ1) is 15.8. The van der Waals surface area contributed by atoms with Crippen LogP contribution in [-0.2, 0) is 16.0 Å². The van der Waals surface area contributed by atoms with Crippen LogP contribution < -0.4 is 16.0 Å². The number of urea groups is 1. The van der Waals surface area contributed by atoms with Gasteiger partial charge in [0, 0.05) is 11.4 Å². The first-order valence-electron chi connectivity index (χ1n) is 10.5. The highest BCUT2D eigenvalue weighted by Crippen LogP contribution is 2.36. The van der Waals surface area contributed by atoms with E-state index in [9.17, 15) is 24.0 Å². The van der Waals surface area contributed by atoms with E-state index in [2.05, 4.69) is 16.0 Å². The van der Waals surface area contributed by atoms with E-state index in [1.165, 1.54) is 12.1 Å². The number of benzene rings is 2. The molecule has 2 heterocycles. The van der Waals surface area contributed by atoms with Crippen molar-refractivity contribution in [3.05, 3.63) is 63.7 Å². The lowest BCUT2D eigenvalue weighted by atomic mass is 10.0. The van der Waals surface area contributed by atoms with Gasteiger partial charge in [-0.05, 0) is 48.6 Å². The Hall–Kier alpha value is -3.72. The second kappa shape index (κ2) is 8.00. The van der Waals surface area contributed by atoms with E-state index in [1.807, 2.05) is 18.2 Å². The molecule has 0 radical (unpaired) electrons. The Morgan fingerprint density at radius 2 is 1.79 bits per heavy atom. The number of amides is 6. The third kappa shape index (κ3) is 3.54. The van der Waals surface area contributed by atoms with Crippen molar-refractivity contribution in [1.29, 1.82) is 0 Å². The van der Waals surface area contributed by atoms with Gasteiger partial charge in [-0.15, -0.1) is 0 Å². The average molecular weight is 467 g/mol. The number of imide groups is 2. The third-order valence-corrected chi connectivity index (χ3v) is 6.59. The van der Waals surface area contributed by atoms with E-state index in [1.54, 1.807) is 6.07 Å². The van der Waals surface area contributed by atoms with Gasteiger partial charge < -0.3 is 10.6 Å². The van der Waals surface area contributed by atoms with Gasteiger partial charge in [0.05, 0.1) is 22.9 Å². The smallest absolute Gasteiger partial charge is 0.319 e. The van der Waals surface area contributed by atoms with Crippen LogP contribution in [-0.4, -0.2) is 40.6 Å². The Labute approximate surface area is 193 Å². The van der Waals surface area contributed by atoms with Crippen molar-refractivity contribution in [2.24, 2.45) is 0 Å². The zero-order chi connectivity index (χ0) is 23.3. The van der Waals surface area contributed by atoms with Gasteiger partial charge in [0.1, 0.15) is 6.04 Å². The Morgan fingerprint density at radius 3 is 2.58 bits per heavy atom. The minimum Gasteiger partial charge on any atom is -0.331 e. The summed E-state index contributed by atoms with van der Waals surface area (Å²) in [6.45, 7) is 0. The number of hydrogen-bond donors (Lipinski definition) is 3. The molecule has 2 aliphatic heterocycles. The molecule has 1 saturated heterocycles. The number of carbonyl (C=O) groups excluding carboxylic acids is 5. The molecule has 9 nitrogen and oxygen atoms in total. The van der Waals surface area contributed by atoms with Crippen LogP contribution in [0.1, 0.15) is 57.1 Å². The van der Waals surface area contributed by atoms with Gasteiger partial charge in [-0.3, -0.25) is 29.4 Å². The molecule has 10 heteroatoms. The second-order valence-electron chi connectivity index (χ2n) is 8.17. The van der Waals surface area contributed by atoms with Gasteiger partial charge in [-0.25, -0.2) is 4.79 Å². The molecule has 5 rings (SSSR count). The van der Waals surface area contributed by atoms with E-state index >= 15 is 0 Å². The van der Waals surface area contributed by atoms with Gasteiger partial charge >= 0.3 is 6.03 Å². The summed E-state index contributed by atoms with van der Waals surface area (Å²) >= 11 is 6.24. The summed E-state index contributed by atoms with van der Waals surface area (Å²) in [6.07, 6.45) is 1.53. The summed E-state index contributed by atoms with van der Waals surface area (Å²) < 4.78 is 0. The lowest BCUT2D eigenvalue weighted by molar-refractivity contribution is -0.136. The fourth-order valence-corrected chi connectivity index (χ4v) is 4.97. The van der Waals surface area contributed by atoms with E-state index in [0.717, 1.165) is 22.4 Å². The van der Waals surface area contributed by atoms with Crippen LogP contribution >= 0.6 is 11.6 Å². The number of fused-ring (bicyclic) bond motifs is 2. The summed E-state index contributed by atoms with van der Waals surface area (Å²) in [6, 6.07) is 8.28. The Morgan fingerprint density at radius 1 is 1.00 bits per heavy atom. The molecule has 2 atom stereocenters. The number of anilines is 1. The van der Waals surface area contributed by atoms with Crippen molar-refractivity contribution < 1.29 is 24.0 Å². The lowest BCUT2D eigenvalue weighted by Gasteiger charge is -2.27. The van der Waals surface area contributed by atoms with E-state index < -0.39 is 35.7 Å². The third-order valence-electron chi connectivity index (χ3n) is 6.24. The van der Waals surface area contributed by atoms with Crippen molar-refractivity contribution in [2.75, 3.05) is 5.32 Å². The Kier molecular flexibility index (Phi) is 5.13. The summed E-state index contributed by atoms with van der Waals surface area (Å²) in [4.78, 5) is 63.4. The van der Waals surface area contributed by atoms with Crippen LogP contribution in [0, 0.1) is 0 Å². The molecule has 2 unspecified atom stereocenters. The summed E-state index contributed by atoms with van der Waals surface area (Å²) in [5.41, 5.74) is 2.25. The van der Waals surface area contributed by atoms with Crippen molar-refractivity contribution in [1.82, 2.24) is 15.5 Å². The predicted octanol–water partition coefficient (Wildman–Crippen LogP) is 2.55. The second-order valence-corrected chi connectivity index (χ2v) is 8.58. The topological polar surface area (TPSA) is 125 Å². The van der Waals surface area contributed by atoms with Crippen LogP contribution in [0.3, 0.4) is 0 Å². The highest BCUT2D eigenvalue weighted by Gasteiger charge is 2.45. The van der Waals surface area contributed by atoms with Crippen molar-refractivity contribution >= 4 is 46.9 Å². The molecular formula is C23H19ClN4O5. The fraction of sp³-hybridized carbons (Fsp3) is 0.261. The molecule has 33 heavy (non-hydrogen) atoms. The summed E-state index contributed by atoms with van der Waals surface area (Å²) in [5, 5.41) is 8.39. The molecule has 2 aromatic carbocycles.